The number of rotatable bonds is 6. The maximum atomic E-state index is 12.2. The van der Waals surface area contributed by atoms with Crippen LogP contribution in [0.25, 0.3) is 0 Å². The number of nitrogens with two attached hydrogens (primary N) is 1. The minimum atomic E-state index is -0.407. The van der Waals surface area contributed by atoms with Gasteiger partial charge in [0.05, 0.1) is 12.6 Å². The van der Waals surface area contributed by atoms with Gasteiger partial charge in [-0.1, -0.05) is 20.3 Å². The maximum Gasteiger partial charge on any atom is 0.239 e. The van der Waals surface area contributed by atoms with Crippen LogP contribution in [0, 0.1) is 5.92 Å². The molecule has 6 heteroatoms. The van der Waals surface area contributed by atoms with Crippen molar-refractivity contribution >= 4 is 11.8 Å². The standard InChI is InChI=1S/C14H28N4O2/c1-4-11(3)13(15)14(20)18-8-6-17(7-9-18)10-12(19)16-5-2/h11,13H,4-10,15H2,1-3H3,(H,16,19)/t11-,13-/m0/s1. The number of nitrogens with one attached hydrogen (secondary N) is 1. The highest BCUT2D eigenvalue weighted by atomic mass is 16.2. The van der Waals surface area contributed by atoms with Crippen molar-refractivity contribution < 1.29 is 9.59 Å². The Kier molecular flexibility index (Phi) is 6.95. The summed E-state index contributed by atoms with van der Waals surface area (Å²) in [5.41, 5.74) is 5.99. The van der Waals surface area contributed by atoms with E-state index in [0.29, 0.717) is 26.2 Å². The monoisotopic (exact) mass is 284 g/mol. The molecule has 0 unspecified atom stereocenters. The topological polar surface area (TPSA) is 78.7 Å². The quantitative estimate of drug-likeness (QED) is 0.698. The largest absolute Gasteiger partial charge is 0.355 e. The zero-order valence-electron chi connectivity index (χ0n) is 12.9. The van der Waals surface area contributed by atoms with Crippen LogP contribution in [0.1, 0.15) is 27.2 Å². The molecule has 2 amide bonds. The highest BCUT2D eigenvalue weighted by Gasteiger charge is 2.28. The lowest BCUT2D eigenvalue weighted by molar-refractivity contribution is -0.135. The summed E-state index contributed by atoms with van der Waals surface area (Å²) in [4.78, 5) is 27.6. The first-order valence-corrected chi connectivity index (χ1v) is 7.53. The molecule has 1 aliphatic heterocycles. The summed E-state index contributed by atoms with van der Waals surface area (Å²) in [6, 6.07) is -0.407. The van der Waals surface area contributed by atoms with Gasteiger partial charge in [0.15, 0.2) is 0 Å². The summed E-state index contributed by atoms with van der Waals surface area (Å²) >= 11 is 0. The second kappa shape index (κ2) is 8.21. The fourth-order valence-corrected chi connectivity index (χ4v) is 2.29. The molecule has 1 fully saturated rings. The molecule has 6 nitrogen and oxygen atoms in total. The molecule has 20 heavy (non-hydrogen) atoms. The molecular weight excluding hydrogens is 256 g/mol. The third-order valence-electron chi connectivity index (χ3n) is 3.97. The molecule has 0 saturated carbocycles. The van der Waals surface area contributed by atoms with E-state index in [9.17, 15) is 9.59 Å². The zero-order chi connectivity index (χ0) is 15.1. The zero-order valence-corrected chi connectivity index (χ0v) is 12.9. The molecule has 1 saturated heterocycles. The van der Waals surface area contributed by atoms with Gasteiger partial charge in [-0.15, -0.1) is 0 Å². The van der Waals surface area contributed by atoms with Crippen molar-refractivity contribution in [1.82, 2.24) is 15.1 Å². The Labute approximate surface area is 121 Å². The highest BCUT2D eigenvalue weighted by molar-refractivity contribution is 5.82. The van der Waals surface area contributed by atoms with Crippen molar-refractivity contribution in [3.8, 4) is 0 Å². The van der Waals surface area contributed by atoms with Gasteiger partial charge in [0.2, 0.25) is 11.8 Å². The van der Waals surface area contributed by atoms with Crippen LogP contribution in [0.4, 0.5) is 0 Å². The van der Waals surface area contributed by atoms with Crippen molar-refractivity contribution in [2.75, 3.05) is 39.3 Å². The summed E-state index contributed by atoms with van der Waals surface area (Å²) in [5, 5.41) is 2.79. The number of nitrogens with zero attached hydrogens (tertiary/aromatic N) is 2. The smallest absolute Gasteiger partial charge is 0.239 e. The highest BCUT2D eigenvalue weighted by Crippen LogP contribution is 2.10. The number of likely N-dealkylation sites (N-methyl/N-ethyl adjacent to an activating group) is 1. The molecule has 0 radical (unpaired) electrons. The lowest BCUT2D eigenvalue weighted by atomic mass is 9.98. The van der Waals surface area contributed by atoms with Crippen LogP contribution in [-0.4, -0.2) is 66.9 Å². The van der Waals surface area contributed by atoms with E-state index in [4.69, 9.17) is 5.73 Å². The molecule has 0 bridgehead atoms. The molecule has 2 atom stereocenters. The lowest BCUT2D eigenvalue weighted by Crippen LogP contribution is -2.55. The van der Waals surface area contributed by atoms with Crippen LogP contribution in [0.15, 0.2) is 0 Å². The van der Waals surface area contributed by atoms with E-state index in [-0.39, 0.29) is 17.7 Å². The average molecular weight is 284 g/mol. The first-order valence-electron chi connectivity index (χ1n) is 7.53. The minimum Gasteiger partial charge on any atom is -0.355 e. The molecule has 3 N–H and O–H groups in total. The van der Waals surface area contributed by atoms with Crippen LogP contribution >= 0.6 is 0 Å². The summed E-state index contributed by atoms with van der Waals surface area (Å²) in [5.74, 6) is 0.288. The van der Waals surface area contributed by atoms with Crippen molar-refractivity contribution in [3.63, 3.8) is 0 Å². The molecule has 1 heterocycles. The molecule has 0 aromatic heterocycles. The number of hydrogen-bond donors (Lipinski definition) is 2. The average Bonchev–Trinajstić information content (AvgIpc) is 2.46. The summed E-state index contributed by atoms with van der Waals surface area (Å²) in [6.07, 6.45) is 0.907. The third kappa shape index (κ3) is 4.76. The van der Waals surface area contributed by atoms with Gasteiger partial charge in [0.25, 0.3) is 0 Å². The summed E-state index contributed by atoms with van der Waals surface area (Å²) < 4.78 is 0. The van der Waals surface area contributed by atoms with E-state index in [2.05, 4.69) is 10.2 Å². The van der Waals surface area contributed by atoms with Gasteiger partial charge in [-0.05, 0) is 12.8 Å². The Hall–Kier alpha value is -1.14. The van der Waals surface area contributed by atoms with E-state index in [1.54, 1.807) is 0 Å². The molecule has 1 aliphatic rings. The van der Waals surface area contributed by atoms with Crippen LogP contribution < -0.4 is 11.1 Å². The molecule has 0 spiro atoms. The normalized spacial score (nSPS) is 19.5. The van der Waals surface area contributed by atoms with Gasteiger partial charge in [0, 0.05) is 32.7 Å². The summed E-state index contributed by atoms with van der Waals surface area (Å²) in [6.45, 7) is 9.80. The van der Waals surface area contributed by atoms with E-state index in [1.165, 1.54) is 0 Å². The number of carbonyl (C=O) groups excluding carboxylic acids is 2. The molecular formula is C14H28N4O2. The minimum absolute atomic E-state index is 0.0389. The van der Waals surface area contributed by atoms with Gasteiger partial charge in [-0.25, -0.2) is 0 Å². The van der Waals surface area contributed by atoms with Gasteiger partial charge >= 0.3 is 0 Å². The number of piperazine rings is 1. The van der Waals surface area contributed by atoms with Crippen LogP contribution in [0.3, 0.4) is 0 Å². The van der Waals surface area contributed by atoms with Crippen LogP contribution in [-0.2, 0) is 9.59 Å². The second-order valence-corrected chi connectivity index (χ2v) is 5.47. The summed E-state index contributed by atoms with van der Waals surface area (Å²) in [7, 11) is 0. The van der Waals surface area contributed by atoms with E-state index in [0.717, 1.165) is 19.5 Å². The predicted molar refractivity (Wildman–Crippen MR) is 79.1 cm³/mol. The first kappa shape index (κ1) is 16.9. The third-order valence-corrected chi connectivity index (χ3v) is 3.97. The number of hydrogen-bond acceptors (Lipinski definition) is 4. The molecule has 0 aromatic rings. The Bertz CT molecular complexity index is 327. The van der Waals surface area contributed by atoms with Gasteiger partial charge in [-0.2, -0.15) is 0 Å². The fourth-order valence-electron chi connectivity index (χ4n) is 2.29. The molecule has 1 rings (SSSR count). The Morgan fingerprint density at radius 3 is 2.30 bits per heavy atom. The van der Waals surface area contributed by atoms with E-state index < -0.39 is 6.04 Å². The van der Waals surface area contributed by atoms with Gasteiger partial charge in [-0.3, -0.25) is 14.5 Å². The molecule has 0 aliphatic carbocycles. The lowest BCUT2D eigenvalue weighted by Gasteiger charge is -2.36. The number of carbonyl (C=O) groups is 2. The van der Waals surface area contributed by atoms with Gasteiger partial charge in [0.1, 0.15) is 0 Å². The van der Waals surface area contributed by atoms with Crippen LogP contribution in [0.2, 0.25) is 0 Å². The maximum absolute atomic E-state index is 12.2. The number of amides is 2. The van der Waals surface area contributed by atoms with Crippen molar-refractivity contribution in [1.29, 1.82) is 0 Å². The molecule has 0 aromatic carbocycles. The SMILES string of the molecule is CCNC(=O)CN1CCN(C(=O)[C@@H](N)[C@@H](C)CC)CC1. The van der Waals surface area contributed by atoms with E-state index in [1.807, 2.05) is 25.7 Å². The fraction of sp³-hybridized carbons (Fsp3) is 0.857. The van der Waals surface area contributed by atoms with Crippen molar-refractivity contribution in [3.05, 3.63) is 0 Å². The predicted octanol–water partition coefficient (Wildman–Crippen LogP) is -0.360. The van der Waals surface area contributed by atoms with Gasteiger partial charge < -0.3 is 16.0 Å². The molecule has 116 valence electrons. The first-order chi connectivity index (χ1) is 9.49. The Morgan fingerprint density at radius 1 is 1.20 bits per heavy atom. The second-order valence-electron chi connectivity index (χ2n) is 5.47. The van der Waals surface area contributed by atoms with Crippen molar-refractivity contribution in [2.24, 2.45) is 11.7 Å². The van der Waals surface area contributed by atoms with Crippen molar-refractivity contribution in [2.45, 2.75) is 33.2 Å². The van der Waals surface area contributed by atoms with E-state index >= 15 is 0 Å². The Morgan fingerprint density at radius 2 is 1.80 bits per heavy atom. The van der Waals surface area contributed by atoms with Crippen LogP contribution in [0.5, 0.6) is 0 Å². The Balaban J connectivity index is 2.38.